The van der Waals surface area contributed by atoms with Crippen LogP contribution in [0.3, 0.4) is 0 Å². The van der Waals surface area contributed by atoms with Gasteiger partial charge in [-0.05, 0) is 31.6 Å². The summed E-state index contributed by atoms with van der Waals surface area (Å²) in [5, 5.41) is 4.28. The van der Waals surface area contributed by atoms with Gasteiger partial charge in [0.25, 0.3) is 0 Å². The largest absolute Gasteiger partial charge is 0.350 e. The summed E-state index contributed by atoms with van der Waals surface area (Å²) in [5.74, 6) is 1.16. The first-order valence-corrected chi connectivity index (χ1v) is 8.17. The first-order chi connectivity index (χ1) is 8.17. The van der Waals surface area contributed by atoms with Crippen LogP contribution in [0.1, 0.15) is 58.3 Å². The van der Waals surface area contributed by atoms with Gasteiger partial charge in [-0.3, -0.25) is 4.79 Å². The maximum absolute atomic E-state index is 12.4. The highest BCUT2D eigenvalue weighted by Crippen LogP contribution is 2.34. The van der Waals surface area contributed by atoms with E-state index in [1.165, 1.54) is 32.1 Å². The molecule has 0 aromatic rings. The molecule has 0 spiro atoms. The molecule has 2 rings (SSSR count). The molecule has 98 valence electrons. The Morgan fingerprint density at radius 1 is 1.24 bits per heavy atom. The lowest BCUT2D eigenvalue weighted by Crippen LogP contribution is -2.53. The molecule has 1 amide bonds. The molecule has 0 aliphatic heterocycles. The smallest absolute Gasteiger partial charge is 0.223 e. The number of hydrogen-bond acceptors (Lipinski definition) is 1. The van der Waals surface area contributed by atoms with Crippen molar-refractivity contribution in [3.8, 4) is 0 Å². The van der Waals surface area contributed by atoms with Crippen molar-refractivity contribution in [1.82, 2.24) is 5.32 Å². The minimum atomic E-state index is 0.0532. The van der Waals surface area contributed by atoms with E-state index < -0.39 is 0 Å². The molecule has 2 fully saturated rings. The van der Waals surface area contributed by atoms with Crippen LogP contribution in [-0.2, 0) is 4.79 Å². The Morgan fingerprint density at radius 3 is 2.47 bits per heavy atom. The van der Waals surface area contributed by atoms with Gasteiger partial charge in [0.15, 0.2) is 0 Å². The van der Waals surface area contributed by atoms with Gasteiger partial charge in [0.1, 0.15) is 0 Å². The maximum atomic E-state index is 12.4. The average molecular weight is 302 g/mol. The molecule has 2 aliphatic carbocycles. The standard InChI is InChI=1S/C14H24BrNO/c1-11-6-5-7-12(11)13(17)16-14(10-15)8-3-2-4-9-14/h11-12H,2-10H2,1H3,(H,16,17). The molecule has 2 atom stereocenters. The Morgan fingerprint density at radius 2 is 1.94 bits per heavy atom. The molecule has 0 bridgehead atoms. The first kappa shape index (κ1) is 13.4. The Labute approximate surface area is 113 Å². The molecule has 1 N–H and O–H groups in total. The summed E-state index contributed by atoms with van der Waals surface area (Å²) in [5.41, 5.74) is 0.0532. The van der Waals surface area contributed by atoms with Crippen molar-refractivity contribution in [2.24, 2.45) is 11.8 Å². The quantitative estimate of drug-likeness (QED) is 0.792. The van der Waals surface area contributed by atoms with Crippen LogP contribution in [0, 0.1) is 11.8 Å². The van der Waals surface area contributed by atoms with E-state index in [1.807, 2.05) is 0 Å². The Balaban J connectivity index is 1.95. The van der Waals surface area contributed by atoms with Gasteiger partial charge in [0, 0.05) is 16.8 Å². The number of amides is 1. The highest BCUT2D eigenvalue weighted by Gasteiger charge is 2.37. The Kier molecular flexibility index (Phi) is 4.51. The van der Waals surface area contributed by atoms with Gasteiger partial charge < -0.3 is 5.32 Å². The lowest BCUT2D eigenvalue weighted by Gasteiger charge is -2.37. The van der Waals surface area contributed by atoms with Gasteiger partial charge in [0.2, 0.25) is 5.91 Å². The Bertz CT molecular complexity index is 273. The number of carbonyl (C=O) groups excluding carboxylic acids is 1. The summed E-state index contributed by atoms with van der Waals surface area (Å²) in [4.78, 5) is 12.4. The molecule has 17 heavy (non-hydrogen) atoms. The summed E-state index contributed by atoms with van der Waals surface area (Å²) in [6, 6.07) is 0. The van der Waals surface area contributed by atoms with Crippen LogP contribution >= 0.6 is 15.9 Å². The molecular formula is C14H24BrNO. The van der Waals surface area contributed by atoms with Gasteiger partial charge in [-0.1, -0.05) is 48.5 Å². The van der Waals surface area contributed by atoms with Gasteiger partial charge in [-0.25, -0.2) is 0 Å². The normalized spacial score (nSPS) is 32.4. The van der Waals surface area contributed by atoms with E-state index in [0.29, 0.717) is 11.8 Å². The van der Waals surface area contributed by atoms with Crippen molar-refractivity contribution in [3.63, 3.8) is 0 Å². The van der Waals surface area contributed by atoms with E-state index in [2.05, 4.69) is 28.2 Å². The van der Waals surface area contributed by atoms with E-state index in [4.69, 9.17) is 0 Å². The van der Waals surface area contributed by atoms with Crippen molar-refractivity contribution in [2.75, 3.05) is 5.33 Å². The fourth-order valence-corrected chi connectivity index (χ4v) is 4.11. The van der Waals surface area contributed by atoms with Crippen molar-refractivity contribution < 1.29 is 4.79 Å². The zero-order valence-electron chi connectivity index (χ0n) is 10.8. The van der Waals surface area contributed by atoms with Gasteiger partial charge in [-0.15, -0.1) is 0 Å². The number of halogens is 1. The molecule has 0 aromatic heterocycles. The van der Waals surface area contributed by atoms with Crippen LogP contribution in [0.2, 0.25) is 0 Å². The highest BCUT2D eigenvalue weighted by atomic mass is 79.9. The maximum Gasteiger partial charge on any atom is 0.223 e. The molecule has 2 aliphatic rings. The average Bonchev–Trinajstić information content (AvgIpc) is 2.77. The zero-order valence-corrected chi connectivity index (χ0v) is 12.4. The summed E-state index contributed by atoms with van der Waals surface area (Å²) in [7, 11) is 0. The zero-order chi connectivity index (χ0) is 12.3. The molecule has 0 aromatic carbocycles. The van der Waals surface area contributed by atoms with Gasteiger partial charge in [-0.2, -0.15) is 0 Å². The third kappa shape index (κ3) is 3.04. The van der Waals surface area contributed by atoms with Gasteiger partial charge in [0.05, 0.1) is 0 Å². The summed E-state index contributed by atoms with van der Waals surface area (Å²) < 4.78 is 0. The second-order valence-electron chi connectivity index (χ2n) is 5.98. The van der Waals surface area contributed by atoms with E-state index in [-0.39, 0.29) is 11.5 Å². The van der Waals surface area contributed by atoms with Crippen molar-refractivity contribution in [2.45, 2.75) is 63.8 Å². The van der Waals surface area contributed by atoms with Crippen LogP contribution in [0.4, 0.5) is 0 Å². The number of nitrogens with one attached hydrogen (secondary N) is 1. The van der Waals surface area contributed by atoms with Crippen LogP contribution in [0.5, 0.6) is 0 Å². The number of carbonyl (C=O) groups is 1. The first-order valence-electron chi connectivity index (χ1n) is 7.05. The fraction of sp³-hybridized carbons (Fsp3) is 0.929. The van der Waals surface area contributed by atoms with E-state index in [0.717, 1.165) is 24.6 Å². The predicted octanol–water partition coefficient (Wildman–Crippen LogP) is 3.64. The minimum Gasteiger partial charge on any atom is -0.350 e. The van der Waals surface area contributed by atoms with Crippen molar-refractivity contribution >= 4 is 21.8 Å². The summed E-state index contributed by atoms with van der Waals surface area (Å²) >= 11 is 3.61. The Hall–Kier alpha value is -0.0500. The molecule has 2 nitrogen and oxygen atoms in total. The van der Waals surface area contributed by atoms with Crippen molar-refractivity contribution in [3.05, 3.63) is 0 Å². The molecule has 0 radical (unpaired) electrons. The number of hydrogen-bond donors (Lipinski definition) is 1. The summed E-state index contributed by atoms with van der Waals surface area (Å²) in [6.07, 6.45) is 9.66. The van der Waals surface area contributed by atoms with Crippen LogP contribution in [0.25, 0.3) is 0 Å². The third-order valence-electron chi connectivity index (χ3n) is 4.65. The predicted molar refractivity (Wildman–Crippen MR) is 74.3 cm³/mol. The lowest BCUT2D eigenvalue weighted by molar-refractivity contribution is -0.128. The van der Waals surface area contributed by atoms with Crippen LogP contribution in [-0.4, -0.2) is 16.8 Å². The molecule has 0 saturated heterocycles. The van der Waals surface area contributed by atoms with Crippen LogP contribution < -0.4 is 5.32 Å². The molecule has 2 saturated carbocycles. The molecule has 0 heterocycles. The second-order valence-corrected chi connectivity index (χ2v) is 6.54. The molecule has 2 unspecified atom stereocenters. The number of alkyl halides is 1. The third-order valence-corrected chi connectivity index (χ3v) is 5.73. The van der Waals surface area contributed by atoms with E-state index in [1.54, 1.807) is 0 Å². The fourth-order valence-electron chi connectivity index (χ4n) is 3.41. The van der Waals surface area contributed by atoms with E-state index in [9.17, 15) is 4.79 Å². The molecular weight excluding hydrogens is 278 g/mol. The lowest BCUT2D eigenvalue weighted by atomic mass is 9.82. The van der Waals surface area contributed by atoms with E-state index >= 15 is 0 Å². The van der Waals surface area contributed by atoms with Gasteiger partial charge >= 0.3 is 0 Å². The SMILES string of the molecule is CC1CCCC1C(=O)NC1(CBr)CCCCC1. The highest BCUT2D eigenvalue weighted by molar-refractivity contribution is 9.09. The number of rotatable bonds is 3. The second kappa shape index (κ2) is 5.73. The van der Waals surface area contributed by atoms with Crippen molar-refractivity contribution in [1.29, 1.82) is 0 Å². The topological polar surface area (TPSA) is 29.1 Å². The monoisotopic (exact) mass is 301 g/mol. The minimum absolute atomic E-state index is 0.0532. The van der Waals surface area contributed by atoms with Crippen LogP contribution in [0.15, 0.2) is 0 Å². The molecule has 3 heteroatoms. The summed E-state index contributed by atoms with van der Waals surface area (Å²) in [6.45, 7) is 2.22.